The van der Waals surface area contributed by atoms with Gasteiger partial charge in [-0.2, -0.15) is 12.6 Å². The molecular formula is C10H20O2S. The molecule has 0 aromatic carbocycles. The topological polar surface area (TPSA) is 18.5 Å². The minimum Gasteiger partial charge on any atom is -0.379 e. The highest BCUT2D eigenvalue weighted by molar-refractivity contribution is 7.80. The molecule has 0 amide bonds. The van der Waals surface area contributed by atoms with Crippen LogP contribution in [0.15, 0.2) is 0 Å². The highest BCUT2D eigenvalue weighted by Gasteiger charge is 2.14. The molecule has 13 heavy (non-hydrogen) atoms. The molecule has 0 atom stereocenters. The maximum atomic E-state index is 5.51. The number of thiol groups is 1. The van der Waals surface area contributed by atoms with Gasteiger partial charge in [0.15, 0.2) is 0 Å². The predicted octanol–water partition coefficient (Wildman–Crippen LogP) is 2.14. The molecule has 0 saturated heterocycles. The third-order valence-electron chi connectivity index (χ3n) is 2.44. The summed E-state index contributed by atoms with van der Waals surface area (Å²) in [7, 11) is 0. The van der Waals surface area contributed by atoms with Crippen molar-refractivity contribution in [3.05, 3.63) is 0 Å². The Morgan fingerprint density at radius 2 is 1.69 bits per heavy atom. The van der Waals surface area contributed by atoms with Crippen LogP contribution in [0.25, 0.3) is 0 Å². The summed E-state index contributed by atoms with van der Waals surface area (Å²) in [5.41, 5.74) is 0. The predicted molar refractivity (Wildman–Crippen MR) is 57.4 cm³/mol. The average Bonchev–Trinajstić information content (AvgIpc) is 2.63. The smallest absolute Gasteiger partial charge is 0.0700 e. The van der Waals surface area contributed by atoms with E-state index in [1.165, 1.54) is 25.7 Å². The Labute approximate surface area is 86.4 Å². The van der Waals surface area contributed by atoms with E-state index in [2.05, 4.69) is 12.6 Å². The minimum atomic E-state index is 0.716. The molecule has 0 aromatic rings. The summed E-state index contributed by atoms with van der Waals surface area (Å²) in [5.74, 6) is 1.62. The van der Waals surface area contributed by atoms with Crippen LogP contribution in [0.4, 0.5) is 0 Å². The molecule has 0 radical (unpaired) electrons. The Hall–Kier alpha value is 0.270. The highest BCUT2D eigenvalue weighted by atomic mass is 32.1. The zero-order chi connectivity index (χ0) is 9.36. The fourth-order valence-electron chi connectivity index (χ4n) is 1.71. The van der Waals surface area contributed by atoms with Crippen molar-refractivity contribution in [2.75, 3.05) is 32.2 Å². The van der Waals surface area contributed by atoms with E-state index in [0.717, 1.165) is 31.5 Å². The van der Waals surface area contributed by atoms with E-state index >= 15 is 0 Å². The van der Waals surface area contributed by atoms with Crippen molar-refractivity contribution in [2.45, 2.75) is 25.7 Å². The quantitative estimate of drug-likeness (QED) is 0.506. The van der Waals surface area contributed by atoms with Crippen LogP contribution < -0.4 is 0 Å². The summed E-state index contributed by atoms with van der Waals surface area (Å²) in [4.78, 5) is 0. The molecule has 0 spiro atoms. The minimum absolute atomic E-state index is 0.716. The Morgan fingerprint density at radius 3 is 2.38 bits per heavy atom. The van der Waals surface area contributed by atoms with E-state index in [-0.39, 0.29) is 0 Å². The van der Waals surface area contributed by atoms with Crippen molar-refractivity contribution < 1.29 is 9.47 Å². The van der Waals surface area contributed by atoms with Gasteiger partial charge >= 0.3 is 0 Å². The SMILES string of the molecule is SCCOCCOCC1CCCC1. The Bertz CT molecular complexity index is 113. The maximum absolute atomic E-state index is 5.51. The summed E-state index contributed by atoms with van der Waals surface area (Å²) in [6, 6.07) is 0. The molecule has 78 valence electrons. The summed E-state index contributed by atoms with van der Waals surface area (Å²) in [6.45, 7) is 3.12. The van der Waals surface area contributed by atoms with E-state index in [9.17, 15) is 0 Å². The Kier molecular flexibility index (Phi) is 6.68. The third kappa shape index (κ3) is 5.55. The molecule has 1 saturated carbocycles. The van der Waals surface area contributed by atoms with Crippen LogP contribution >= 0.6 is 12.6 Å². The van der Waals surface area contributed by atoms with Gasteiger partial charge in [0.25, 0.3) is 0 Å². The molecule has 0 bridgehead atoms. The van der Waals surface area contributed by atoms with Crippen LogP contribution in [-0.2, 0) is 9.47 Å². The van der Waals surface area contributed by atoms with Gasteiger partial charge in [-0.05, 0) is 18.8 Å². The van der Waals surface area contributed by atoms with E-state index in [1.54, 1.807) is 0 Å². The van der Waals surface area contributed by atoms with Crippen LogP contribution in [0.1, 0.15) is 25.7 Å². The normalized spacial score (nSPS) is 18.2. The van der Waals surface area contributed by atoms with Gasteiger partial charge in [0.2, 0.25) is 0 Å². The summed E-state index contributed by atoms with van der Waals surface area (Å²) in [5, 5.41) is 0. The fraction of sp³-hybridized carbons (Fsp3) is 1.00. The van der Waals surface area contributed by atoms with Crippen molar-refractivity contribution in [1.29, 1.82) is 0 Å². The van der Waals surface area contributed by atoms with Crippen LogP contribution in [0.5, 0.6) is 0 Å². The molecular weight excluding hydrogens is 184 g/mol. The monoisotopic (exact) mass is 204 g/mol. The maximum Gasteiger partial charge on any atom is 0.0700 e. The number of hydrogen-bond donors (Lipinski definition) is 1. The lowest BCUT2D eigenvalue weighted by molar-refractivity contribution is 0.0392. The average molecular weight is 204 g/mol. The Balaban J connectivity index is 1.78. The van der Waals surface area contributed by atoms with Gasteiger partial charge in [0, 0.05) is 12.4 Å². The molecule has 1 rings (SSSR count). The van der Waals surface area contributed by atoms with E-state index in [0.29, 0.717) is 6.61 Å². The molecule has 1 aliphatic rings. The lowest BCUT2D eigenvalue weighted by atomic mass is 10.1. The van der Waals surface area contributed by atoms with Crippen LogP contribution in [0.3, 0.4) is 0 Å². The number of hydrogen-bond acceptors (Lipinski definition) is 3. The fourth-order valence-corrected chi connectivity index (χ4v) is 1.84. The van der Waals surface area contributed by atoms with Gasteiger partial charge in [-0.3, -0.25) is 0 Å². The first kappa shape index (κ1) is 11.3. The highest BCUT2D eigenvalue weighted by Crippen LogP contribution is 2.24. The summed E-state index contributed by atoms with van der Waals surface area (Å²) in [6.07, 6.45) is 5.50. The second-order valence-electron chi connectivity index (χ2n) is 3.56. The lowest BCUT2D eigenvalue weighted by Gasteiger charge is -2.09. The first-order valence-corrected chi connectivity index (χ1v) is 5.83. The molecule has 0 aliphatic heterocycles. The first-order chi connectivity index (χ1) is 6.43. The summed E-state index contributed by atoms with van der Waals surface area (Å²) < 4.78 is 10.8. The van der Waals surface area contributed by atoms with E-state index in [4.69, 9.17) is 9.47 Å². The van der Waals surface area contributed by atoms with Gasteiger partial charge in [-0.1, -0.05) is 12.8 Å². The van der Waals surface area contributed by atoms with Gasteiger partial charge in [0.1, 0.15) is 0 Å². The van der Waals surface area contributed by atoms with Crippen LogP contribution in [-0.4, -0.2) is 32.2 Å². The Morgan fingerprint density at radius 1 is 1.00 bits per heavy atom. The zero-order valence-electron chi connectivity index (χ0n) is 8.21. The second-order valence-corrected chi connectivity index (χ2v) is 4.01. The molecule has 1 aliphatic carbocycles. The van der Waals surface area contributed by atoms with Gasteiger partial charge in [-0.15, -0.1) is 0 Å². The second kappa shape index (κ2) is 7.65. The third-order valence-corrected chi connectivity index (χ3v) is 2.62. The zero-order valence-corrected chi connectivity index (χ0v) is 9.10. The van der Waals surface area contributed by atoms with Gasteiger partial charge in [0.05, 0.1) is 19.8 Å². The van der Waals surface area contributed by atoms with Crippen molar-refractivity contribution >= 4 is 12.6 Å². The molecule has 1 fully saturated rings. The molecule has 0 heterocycles. The van der Waals surface area contributed by atoms with E-state index < -0.39 is 0 Å². The lowest BCUT2D eigenvalue weighted by Crippen LogP contribution is -2.10. The largest absolute Gasteiger partial charge is 0.379 e. The van der Waals surface area contributed by atoms with Gasteiger partial charge < -0.3 is 9.47 Å². The molecule has 0 N–H and O–H groups in total. The first-order valence-electron chi connectivity index (χ1n) is 5.20. The van der Waals surface area contributed by atoms with Crippen molar-refractivity contribution in [3.63, 3.8) is 0 Å². The summed E-state index contributed by atoms with van der Waals surface area (Å²) >= 11 is 4.05. The van der Waals surface area contributed by atoms with Crippen LogP contribution in [0, 0.1) is 5.92 Å². The molecule has 3 heteroatoms. The van der Waals surface area contributed by atoms with Crippen LogP contribution in [0.2, 0.25) is 0 Å². The number of rotatable bonds is 7. The molecule has 2 nitrogen and oxygen atoms in total. The van der Waals surface area contributed by atoms with Crippen molar-refractivity contribution in [3.8, 4) is 0 Å². The number of ether oxygens (including phenoxy) is 2. The van der Waals surface area contributed by atoms with E-state index in [1.807, 2.05) is 0 Å². The van der Waals surface area contributed by atoms with Gasteiger partial charge in [-0.25, -0.2) is 0 Å². The van der Waals surface area contributed by atoms with Crippen molar-refractivity contribution in [1.82, 2.24) is 0 Å². The standard InChI is InChI=1S/C10H20O2S/c13-8-7-11-5-6-12-9-10-3-1-2-4-10/h10,13H,1-9H2. The molecule has 0 aromatic heterocycles. The molecule has 0 unspecified atom stereocenters. The van der Waals surface area contributed by atoms with Crippen molar-refractivity contribution in [2.24, 2.45) is 5.92 Å².